The summed E-state index contributed by atoms with van der Waals surface area (Å²) in [6.45, 7) is 0. The van der Waals surface area contributed by atoms with Crippen molar-refractivity contribution in [2.24, 2.45) is 0 Å². The minimum absolute atomic E-state index is 0.0252. The quantitative estimate of drug-likeness (QED) is 0.0524. The van der Waals surface area contributed by atoms with E-state index in [1.165, 1.54) is 88.6 Å². The number of pyridine rings is 2. The van der Waals surface area contributed by atoms with Crippen LogP contribution in [0.25, 0.3) is 46.0 Å². The van der Waals surface area contributed by atoms with Crippen molar-refractivity contribution in [3.05, 3.63) is 154 Å². The minimum atomic E-state index is -4.69. The first-order chi connectivity index (χ1) is 35.6. The van der Waals surface area contributed by atoms with Crippen LogP contribution in [-0.2, 0) is 26.7 Å². The van der Waals surface area contributed by atoms with E-state index in [-0.39, 0.29) is 62.0 Å². The summed E-state index contributed by atoms with van der Waals surface area (Å²) in [6, 6.07) is 12.3. The number of hydrogen-bond acceptors (Lipinski definition) is 15. The van der Waals surface area contributed by atoms with E-state index in [1.54, 1.807) is 6.07 Å². The number of ether oxygens (including phenoxy) is 3. The first kappa shape index (κ1) is 53.8. The van der Waals surface area contributed by atoms with Crippen molar-refractivity contribution >= 4 is 70.6 Å². The van der Waals surface area contributed by atoms with Crippen LogP contribution in [0.1, 0.15) is 22.5 Å². The zero-order chi connectivity index (χ0) is 54.2. The van der Waals surface area contributed by atoms with Gasteiger partial charge in [-0.3, -0.25) is 0 Å². The highest BCUT2D eigenvalue weighted by Gasteiger charge is 2.35. The predicted molar refractivity (Wildman–Crippen MR) is 255 cm³/mol. The average molecular weight is 1080 g/mol. The van der Waals surface area contributed by atoms with Crippen LogP contribution in [0.4, 0.5) is 58.4 Å². The summed E-state index contributed by atoms with van der Waals surface area (Å²) >= 11 is 11.6. The summed E-state index contributed by atoms with van der Waals surface area (Å²) in [6.07, 6.45) is 2.93. The van der Waals surface area contributed by atoms with Crippen LogP contribution in [-0.4, -0.2) is 87.8 Å². The van der Waals surface area contributed by atoms with E-state index >= 15 is 0 Å². The highest BCUT2D eigenvalue weighted by Crippen LogP contribution is 2.35. The molecule has 8 aromatic rings. The predicted octanol–water partition coefficient (Wildman–Crippen LogP) is 10.9. The molecule has 28 heteroatoms. The molecule has 0 spiro atoms. The normalized spacial score (nSPS) is 11.6. The minimum Gasteiger partial charge on any atom is -0.481 e. The molecule has 8 rings (SSSR count). The maximum absolute atomic E-state index is 13.5. The van der Waals surface area contributed by atoms with Crippen LogP contribution in [0.5, 0.6) is 11.8 Å². The fourth-order valence-corrected chi connectivity index (χ4v) is 6.78. The van der Waals surface area contributed by atoms with Gasteiger partial charge in [0, 0.05) is 94.1 Å². The van der Waals surface area contributed by atoms with Gasteiger partial charge in [0.25, 0.3) is 0 Å². The number of anilines is 4. The summed E-state index contributed by atoms with van der Waals surface area (Å²) < 4.78 is 123. The molecule has 0 saturated carbocycles. The smallest absolute Gasteiger partial charge is 0.435 e. The molecule has 386 valence electrons. The summed E-state index contributed by atoms with van der Waals surface area (Å²) in [4.78, 5) is 48.0. The van der Waals surface area contributed by atoms with E-state index in [1.807, 2.05) is 0 Å². The molecular formula is C47H32Cl2F8N12O6. The van der Waals surface area contributed by atoms with Crippen molar-refractivity contribution in [3.8, 4) is 45.6 Å². The Labute approximate surface area is 426 Å². The van der Waals surface area contributed by atoms with Gasteiger partial charge in [-0.05, 0) is 72.8 Å². The number of carboxylic acid groups (broad SMARTS) is 1. The Kier molecular flexibility index (Phi) is 16.3. The number of nitrogens with zero attached hydrogens (tertiary/aromatic N) is 10. The third-order valence-corrected chi connectivity index (χ3v) is 10.4. The SMILES string of the molecule is COC(=O)/C=C/c1cc(-c2cnc(Nc3ccc(F)c(Cl)c3)nc2-n2ccc(C(F)(F)F)n2)cnc1OC.COc1ncc(-c2cnc(Nc3ccc(F)c(Cl)c3)nc2-n2ccc(C(F)(F)F)n2)cc1/C=C/C(=O)O. The number of alkyl halides is 6. The van der Waals surface area contributed by atoms with Gasteiger partial charge in [0.15, 0.2) is 23.0 Å². The molecule has 0 aliphatic rings. The van der Waals surface area contributed by atoms with Gasteiger partial charge >= 0.3 is 24.3 Å². The van der Waals surface area contributed by atoms with Crippen LogP contribution in [0.2, 0.25) is 10.0 Å². The van der Waals surface area contributed by atoms with Gasteiger partial charge in [-0.15, -0.1) is 0 Å². The molecule has 18 nitrogen and oxygen atoms in total. The van der Waals surface area contributed by atoms with Gasteiger partial charge in [0.2, 0.25) is 23.7 Å². The number of methoxy groups -OCH3 is 3. The van der Waals surface area contributed by atoms with Crippen LogP contribution in [0.15, 0.2) is 110 Å². The number of carbonyl (C=O) groups is 2. The molecule has 3 N–H and O–H groups in total. The average Bonchev–Trinajstić information content (AvgIpc) is 4.10. The molecule has 6 heterocycles. The molecule has 0 atom stereocenters. The third-order valence-electron chi connectivity index (χ3n) is 9.85. The standard InChI is InChI=1S/C24H17ClF4N6O3.C23H15ClF4N6O3/c1-37-20(36)6-3-13-9-14(11-30-22(13)38-2)16-12-31-23(32-15-4-5-18(26)17(25)10-15)33-21(16)35-8-7-19(34-35)24(27,28)29;1-37-21-12(2-5-19(35)36)8-13(10-29-21)15-11-30-22(31-14-3-4-17(25)16(24)9-14)32-20(15)34-7-6-18(33-34)23(26,27)28/h3-12H,1-2H3,(H,31,32,33);2-11H,1H3,(H,35,36)(H,30,31,32)/b6-3+;5-2+. The van der Waals surface area contributed by atoms with Crippen molar-refractivity contribution in [1.29, 1.82) is 0 Å². The van der Waals surface area contributed by atoms with Crippen LogP contribution in [0, 0.1) is 11.6 Å². The summed E-state index contributed by atoms with van der Waals surface area (Å²) in [5.74, 6) is -2.94. The van der Waals surface area contributed by atoms with Crippen molar-refractivity contribution in [2.45, 2.75) is 12.4 Å². The van der Waals surface area contributed by atoms with Crippen LogP contribution < -0.4 is 20.1 Å². The first-order valence-electron chi connectivity index (χ1n) is 20.8. The largest absolute Gasteiger partial charge is 0.481 e. The van der Waals surface area contributed by atoms with Crippen LogP contribution >= 0.6 is 23.2 Å². The maximum atomic E-state index is 13.5. The molecule has 0 aliphatic carbocycles. The lowest BCUT2D eigenvalue weighted by Crippen LogP contribution is -2.10. The van der Waals surface area contributed by atoms with E-state index in [9.17, 15) is 44.7 Å². The third kappa shape index (κ3) is 13.3. The van der Waals surface area contributed by atoms with Crippen molar-refractivity contribution < 1.29 is 64.0 Å². The van der Waals surface area contributed by atoms with Crippen LogP contribution in [0.3, 0.4) is 0 Å². The lowest BCUT2D eigenvalue weighted by atomic mass is 10.1. The second-order valence-electron chi connectivity index (χ2n) is 14.8. The highest BCUT2D eigenvalue weighted by molar-refractivity contribution is 6.31. The second kappa shape index (κ2) is 22.8. The molecule has 0 aliphatic heterocycles. The fourth-order valence-electron chi connectivity index (χ4n) is 6.41. The van der Waals surface area contributed by atoms with E-state index in [0.717, 1.165) is 58.2 Å². The van der Waals surface area contributed by atoms with Gasteiger partial charge in [0.05, 0.1) is 31.4 Å². The molecule has 2 aromatic carbocycles. The Bertz CT molecular complexity index is 3480. The first-order valence-corrected chi connectivity index (χ1v) is 21.6. The molecular weight excluding hydrogens is 1050 g/mol. The zero-order valence-electron chi connectivity index (χ0n) is 38.3. The Balaban J connectivity index is 0.000000219. The molecule has 0 amide bonds. The molecule has 75 heavy (non-hydrogen) atoms. The number of halogens is 10. The van der Waals surface area contributed by atoms with Crippen molar-refractivity contribution in [2.75, 3.05) is 32.0 Å². The second-order valence-corrected chi connectivity index (χ2v) is 15.6. The van der Waals surface area contributed by atoms with E-state index < -0.39 is 47.3 Å². The molecule has 6 aromatic heterocycles. The van der Waals surface area contributed by atoms with Gasteiger partial charge in [-0.2, -0.15) is 46.5 Å². The number of rotatable bonds is 14. The number of hydrogen-bond donors (Lipinski definition) is 3. The zero-order valence-corrected chi connectivity index (χ0v) is 39.8. The van der Waals surface area contributed by atoms with Gasteiger partial charge < -0.3 is 30.0 Å². The van der Waals surface area contributed by atoms with E-state index in [4.69, 9.17) is 37.8 Å². The summed E-state index contributed by atoms with van der Waals surface area (Å²) in [5, 5.41) is 21.5. The Morgan fingerprint density at radius 2 is 1.04 bits per heavy atom. The molecule has 0 saturated heterocycles. The van der Waals surface area contributed by atoms with Crippen molar-refractivity contribution in [3.63, 3.8) is 0 Å². The monoisotopic (exact) mass is 1080 g/mol. The van der Waals surface area contributed by atoms with E-state index in [0.29, 0.717) is 28.1 Å². The number of carboxylic acids is 1. The lowest BCUT2D eigenvalue weighted by Gasteiger charge is -2.13. The van der Waals surface area contributed by atoms with Gasteiger partial charge in [-0.1, -0.05) is 23.2 Å². The van der Waals surface area contributed by atoms with E-state index in [2.05, 4.69) is 55.5 Å². The van der Waals surface area contributed by atoms with Gasteiger partial charge in [-0.25, -0.2) is 47.7 Å². The summed E-state index contributed by atoms with van der Waals surface area (Å²) in [7, 11) is 3.95. The molecule has 0 fully saturated rings. The topological polar surface area (TPSA) is 219 Å². The molecule has 0 unspecified atom stereocenters. The number of aromatic nitrogens is 10. The highest BCUT2D eigenvalue weighted by atomic mass is 35.5. The fraction of sp³-hybridized carbons (Fsp3) is 0.106. The lowest BCUT2D eigenvalue weighted by molar-refractivity contribution is -0.142. The molecule has 0 radical (unpaired) electrons. The summed E-state index contributed by atoms with van der Waals surface area (Å²) in [5.41, 5.74) is 0.251. The number of benzene rings is 2. The maximum Gasteiger partial charge on any atom is 0.435 e. The van der Waals surface area contributed by atoms with Gasteiger partial charge in [0.1, 0.15) is 11.6 Å². The number of aliphatic carboxylic acids is 1. The van der Waals surface area contributed by atoms with Crippen molar-refractivity contribution in [1.82, 2.24) is 49.5 Å². The Morgan fingerprint density at radius 3 is 1.40 bits per heavy atom. The number of nitrogens with one attached hydrogen (secondary N) is 2. The Morgan fingerprint density at radius 1 is 0.613 bits per heavy atom. The number of carbonyl (C=O) groups excluding carboxylic acids is 1. The number of esters is 1. The Hall–Kier alpha value is -9.04. The molecule has 0 bridgehead atoms.